The summed E-state index contributed by atoms with van der Waals surface area (Å²) in [5, 5.41) is 0. The lowest BCUT2D eigenvalue weighted by Crippen LogP contribution is -2.47. The van der Waals surface area contributed by atoms with Gasteiger partial charge in [0.2, 0.25) is 0 Å². The zero-order valence-electron chi connectivity index (χ0n) is 13.4. The van der Waals surface area contributed by atoms with Crippen molar-refractivity contribution in [1.29, 1.82) is 0 Å². The van der Waals surface area contributed by atoms with Crippen LogP contribution in [0, 0.1) is 11.3 Å². The van der Waals surface area contributed by atoms with Crippen LogP contribution in [0.2, 0.25) is 18.1 Å². The summed E-state index contributed by atoms with van der Waals surface area (Å²) in [5.74, 6) is -0.168. The Bertz CT molecular complexity index is 302. The highest BCUT2D eigenvalue weighted by atomic mass is 28.4. The summed E-state index contributed by atoms with van der Waals surface area (Å²) in [5.41, 5.74) is 0.0800. The van der Waals surface area contributed by atoms with Gasteiger partial charge in [-0.3, -0.25) is 4.79 Å². The Kier molecular flexibility index (Phi) is 5.62. The van der Waals surface area contributed by atoms with Gasteiger partial charge in [-0.05, 0) is 36.4 Å². The minimum absolute atomic E-state index is 0.0338. The molecule has 2 atom stereocenters. The van der Waals surface area contributed by atoms with E-state index < -0.39 is 8.32 Å². The molecule has 112 valence electrons. The smallest absolute Gasteiger partial charge is 0.311 e. The molecule has 0 spiro atoms. The van der Waals surface area contributed by atoms with Gasteiger partial charge >= 0.3 is 5.97 Å². The number of methoxy groups -OCH3 is 1. The Morgan fingerprint density at radius 1 is 1.21 bits per heavy atom. The van der Waals surface area contributed by atoms with Crippen molar-refractivity contribution in [3.05, 3.63) is 0 Å². The first kappa shape index (κ1) is 16.7. The van der Waals surface area contributed by atoms with E-state index in [9.17, 15) is 4.79 Å². The minimum atomic E-state index is -1.68. The Balaban J connectivity index is 2.95. The molecule has 0 N–H and O–H groups in total. The molecule has 0 aromatic heterocycles. The standard InChI is InChI=1S/C15H30O3Si/c1-7-19(8-2,9-3)18-13-12(14(16)17-6)10-11-15(13,4)5/h12-13H,7-11H2,1-6H3/t12-,13-/m1/s1. The summed E-state index contributed by atoms with van der Waals surface area (Å²) < 4.78 is 11.6. The number of hydrogen-bond acceptors (Lipinski definition) is 3. The largest absolute Gasteiger partial charge is 0.469 e. The number of esters is 1. The number of ether oxygens (including phenoxy) is 1. The van der Waals surface area contributed by atoms with E-state index in [0.717, 1.165) is 31.0 Å². The molecular formula is C15H30O3Si. The van der Waals surface area contributed by atoms with Crippen molar-refractivity contribution in [2.24, 2.45) is 11.3 Å². The van der Waals surface area contributed by atoms with Gasteiger partial charge < -0.3 is 9.16 Å². The molecule has 1 aliphatic rings. The quantitative estimate of drug-likeness (QED) is 0.547. The van der Waals surface area contributed by atoms with Crippen LogP contribution in [-0.4, -0.2) is 27.5 Å². The highest BCUT2D eigenvalue weighted by Crippen LogP contribution is 2.46. The lowest BCUT2D eigenvalue weighted by atomic mass is 9.87. The third-order valence-electron chi connectivity index (χ3n) is 5.05. The Labute approximate surface area is 119 Å². The van der Waals surface area contributed by atoms with E-state index >= 15 is 0 Å². The lowest BCUT2D eigenvalue weighted by Gasteiger charge is -2.39. The van der Waals surface area contributed by atoms with Crippen LogP contribution in [-0.2, 0) is 14.0 Å². The predicted molar refractivity (Wildman–Crippen MR) is 80.6 cm³/mol. The average molecular weight is 286 g/mol. The first-order chi connectivity index (χ1) is 8.85. The molecule has 0 unspecified atom stereocenters. The summed E-state index contributed by atoms with van der Waals surface area (Å²) in [6.07, 6.45) is 1.97. The first-order valence-electron chi connectivity index (χ1n) is 7.61. The summed E-state index contributed by atoms with van der Waals surface area (Å²) in [7, 11) is -0.198. The van der Waals surface area contributed by atoms with E-state index in [1.165, 1.54) is 7.11 Å². The molecule has 0 heterocycles. The fourth-order valence-corrected chi connectivity index (χ4v) is 6.29. The molecule has 1 rings (SSSR count). The van der Waals surface area contributed by atoms with Crippen molar-refractivity contribution in [1.82, 2.24) is 0 Å². The number of hydrogen-bond donors (Lipinski definition) is 0. The molecular weight excluding hydrogens is 256 g/mol. The van der Waals surface area contributed by atoms with E-state index in [1.54, 1.807) is 0 Å². The number of carbonyl (C=O) groups excluding carboxylic acids is 1. The molecule has 0 aromatic carbocycles. The fourth-order valence-electron chi connectivity index (χ4n) is 3.27. The maximum absolute atomic E-state index is 12.0. The van der Waals surface area contributed by atoms with E-state index in [1.807, 2.05) is 0 Å². The second-order valence-corrected chi connectivity index (χ2v) is 11.2. The summed E-state index contributed by atoms with van der Waals surface area (Å²) in [4.78, 5) is 12.0. The monoisotopic (exact) mass is 286 g/mol. The van der Waals surface area contributed by atoms with Crippen LogP contribution in [0.5, 0.6) is 0 Å². The van der Waals surface area contributed by atoms with Gasteiger partial charge in [-0.2, -0.15) is 0 Å². The summed E-state index contributed by atoms with van der Waals surface area (Å²) in [6, 6.07) is 3.38. The molecule has 0 radical (unpaired) electrons. The van der Waals surface area contributed by atoms with Gasteiger partial charge in [0.25, 0.3) is 0 Å². The minimum Gasteiger partial charge on any atom is -0.469 e. The maximum Gasteiger partial charge on any atom is 0.311 e. The highest BCUT2D eigenvalue weighted by molar-refractivity contribution is 6.73. The molecule has 0 aliphatic heterocycles. The second-order valence-electron chi connectivity index (χ2n) is 6.44. The van der Waals surface area contributed by atoms with Crippen LogP contribution in [0.25, 0.3) is 0 Å². The summed E-state index contributed by atoms with van der Waals surface area (Å²) in [6.45, 7) is 11.1. The van der Waals surface area contributed by atoms with Crippen molar-refractivity contribution < 1.29 is 14.0 Å². The van der Waals surface area contributed by atoms with Crippen LogP contribution in [0.3, 0.4) is 0 Å². The Morgan fingerprint density at radius 3 is 2.16 bits per heavy atom. The van der Waals surface area contributed by atoms with Gasteiger partial charge in [0.1, 0.15) is 0 Å². The highest BCUT2D eigenvalue weighted by Gasteiger charge is 2.49. The second kappa shape index (κ2) is 6.40. The summed E-state index contributed by atoms with van der Waals surface area (Å²) >= 11 is 0. The zero-order chi connectivity index (χ0) is 14.7. The molecule has 0 aromatic rings. The first-order valence-corrected chi connectivity index (χ1v) is 10.1. The van der Waals surface area contributed by atoms with Gasteiger partial charge in [-0.25, -0.2) is 0 Å². The van der Waals surface area contributed by atoms with Crippen LogP contribution < -0.4 is 0 Å². The predicted octanol–water partition coefficient (Wildman–Crippen LogP) is 3.99. The molecule has 19 heavy (non-hydrogen) atoms. The van der Waals surface area contributed by atoms with Crippen LogP contribution in [0.15, 0.2) is 0 Å². The molecule has 0 saturated heterocycles. The maximum atomic E-state index is 12.0. The fraction of sp³-hybridized carbons (Fsp3) is 0.933. The van der Waals surface area contributed by atoms with Crippen molar-refractivity contribution in [2.45, 2.75) is 71.7 Å². The molecule has 3 nitrogen and oxygen atoms in total. The van der Waals surface area contributed by atoms with Gasteiger partial charge in [-0.15, -0.1) is 0 Å². The lowest BCUT2D eigenvalue weighted by molar-refractivity contribution is -0.149. The third-order valence-corrected chi connectivity index (χ3v) is 9.67. The van der Waals surface area contributed by atoms with Crippen LogP contribution in [0.4, 0.5) is 0 Å². The number of rotatable bonds is 6. The van der Waals surface area contributed by atoms with Crippen molar-refractivity contribution in [2.75, 3.05) is 7.11 Å². The van der Waals surface area contributed by atoms with E-state index in [4.69, 9.17) is 9.16 Å². The van der Waals surface area contributed by atoms with Gasteiger partial charge in [-0.1, -0.05) is 34.6 Å². The van der Waals surface area contributed by atoms with E-state index in [-0.39, 0.29) is 23.4 Å². The zero-order valence-corrected chi connectivity index (χ0v) is 14.4. The molecule has 0 bridgehead atoms. The topological polar surface area (TPSA) is 35.5 Å². The Morgan fingerprint density at radius 2 is 1.74 bits per heavy atom. The van der Waals surface area contributed by atoms with Crippen LogP contribution in [0.1, 0.15) is 47.5 Å². The average Bonchev–Trinajstić information content (AvgIpc) is 2.70. The molecule has 4 heteroatoms. The molecule has 0 amide bonds. The molecule has 1 aliphatic carbocycles. The van der Waals surface area contributed by atoms with Crippen molar-refractivity contribution in [3.8, 4) is 0 Å². The Hall–Kier alpha value is -0.353. The third kappa shape index (κ3) is 3.40. The van der Waals surface area contributed by atoms with Crippen molar-refractivity contribution >= 4 is 14.3 Å². The van der Waals surface area contributed by atoms with Crippen LogP contribution >= 0.6 is 0 Å². The van der Waals surface area contributed by atoms with Crippen molar-refractivity contribution in [3.63, 3.8) is 0 Å². The SMILES string of the molecule is CC[Si](CC)(CC)O[C@@H]1[C@H](C(=O)OC)CCC1(C)C. The molecule has 1 saturated carbocycles. The van der Waals surface area contributed by atoms with Gasteiger partial charge in [0.15, 0.2) is 8.32 Å². The van der Waals surface area contributed by atoms with E-state index in [0.29, 0.717) is 0 Å². The van der Waals surface area contributed by atoms with Gasteiger partial charge in [0.05, 0.1) is 19.1 Å². The normalized spacial score (nSPS) is 26.4. The number of carbonyl (C=O) groups is 1. The van der Waals surface area contributed by atoms with Gasteiger partial charge in [0, 0.05) is 0 Å². The molecule has 1 fully saturated rings. The van der Waals surface area contributed by atoms with E-state index in [2.05, 4.69) is 34.6 Å².